The first-order valence-electron chi connectivity index (χ1n) is 12.0. The Morgan fingerprint density at radius 1 is 1.36 bits per heavy atom. The number of benzene rings is 1. The van der Waals surface area contributed by atoms with Crippen molar-refractivity contribution in [2.75, 3.05) is 6.56 Å². The molecule has 0 aliphatic carbocycles. The van der Waals surface area contributed by atoms with Crippen molar-refractivity contribution < 1.29 is 40.1 Å². The van der Waals surface area contributed by atoms with E-state index in [4.69, 9.17) is 45.7 Å². The van der Waals surface area contributed by atoms with Crippen LogP contribution < -0.4 is 9.61 Å². The third kappa shape index (κ3) is 7.06. The Hall–Kier alpha value is -1.99. The largest absolute Gasteiger partial charge is 0.462 e. The summed E-state index contributed by atoms with van der Waals surface area (Å²) in [5, 5.41) is 12.9. The molecule has 36 heavy (non-hydrogen) atoms. The van der Waals surface area contributed by atoms with Crippen LogP contribution in [0.5, 0.6) is 5.75 Å². The third-order valence-electron chi connectivity index (χ3n) is 4.93. The summed E-state index contributed by atoms with van der Waals surface area (Å²) in [6, 6.07) is 6.42. The molecule has 1 aliphatic heterocycles. The molecule has 3 N–H and O–H groups in total. The molecule has 0 spiro atoms. The molecule has 2 unspecified atom stereocenters. The van der Waals surface area contributed by atoms with E-state index in [-0.39, 0.29) is 10.5 Å². The predicted molar refractivity (Wildman–Crippen MR) is 134 cm³/mol. The summed E-state index contributed by atoms with van der Waals surface area (Å²) in [7, 11) is -4.72. The minimum absolute atomic E-state index is 0.0141. The van der Waals surface area contributed by atoms with Crippen LogP contribution in [0.15, 0.2) is 36.5 Å². The average Bonchev–Trinajstić information content (AvgIpc) is 3.11. The van der Waals surface area contributed by atoms with Gasteiger partial charge in [-0.05, 0) is 52.0 Å². The summed E-state index contributed by atoms with van der Waals surface area (Å²) in [5.74, 6) is -0.771. The second kappa shape index (κ2) is 12.0. The summed E-state index contributed by atoms with van der Waals surface area (Å²) in [6.07, 6.45) is -6.77. The van der Waals surface area contributed by atoms with Gasteiger partial charge in [0.1, 0.15) is 28.6 Å². The molecule has 2 aromatic rings. The minimum Gasteiger partial charge on any atom is -0.462 e. The average molecular weight is 564 g/mol. The maximum Gasteiger partial charge on any atom is 0.459 e. The van der Waals surface area contributed by atoms with Gasteiger partial charge in [-0.15, -0.1) is 0 Å². The second-order valence-corrected chi connectivity index (χ2v) is 10.7. The molecule has 0 amide bonds. The van der Waals surface area contributed by atoms with Crippen LogP contribution in [0.25, 0.3) is 0 Å². The van der Waals surface area contributed by atoms with Crippen molar-refractivity contribution in [1.29, 1.82) is 0 Å². The number of ether oxygens (including phenoxy) is 2. The highest BCUT2D eigenvalue weighted by Gasteiger charge is 2.46. The molecule has 1 aromatic heterocycles. The summed E-state index contributed by atoms with van der Waals surface area (Å²) >= 11 is 10.3. The van der Waals surface area contributed by atoms with Crippen molar-refractivity contribution >= 4 is 38.2 Å². The summed E-state index contributed by atoms with van der Waals surface area (Å²) in [4.78, 5) is 15.0. The van der Waals surface area contributed by atoms with Gasteiger partial charge < -0.3 is 24.1 Å². The summed E-state index contributed by atoms with van der Waals surface area (Å²) in [6.45, 7) is 3.13. The van der Waals surface area contributed by atoms with Gasteiger partial charge in [-0.25, -0.2) is 8.96 Å². The van der Waals surface area contributed by atoms with Crippen molar-refractivity contribution in [2.24, 2.45) is 0 Å². The minimum atomic E-state index is -4.72. The number of aromatic amines is 1. The maximum absolute atomic E-state index is 15.2. The zero-order chi connectivity index (χ0) is 28.4. The topological polar surface area (TPSA) is 124 Å². The van der Waals surface area contributed by atoms with Crippen molar-refractivity contribution in [1.82, 2.24) is 14.6 Å². The lowest BCUT2D eigenvalue weighted by Gasteiger charge is -2.25. The number of hydrogen-bond donors (Lipinski definition) is 3. The Morgan fingerprint density at radius 2 is 2.03 bits per heavy atom. The van der Waals surface area contributed by atoms with Crippen LogP contribution in [0, 0.1) is 16.3 Å². The zero-order valence-corrected chi connectivity index (χ0v) is 22.4. The lowest BCUT2D eigenvalue weighted by molar-refractivity contribution is -0.149. The molecular weight excluding hydrogens is 532 g/mol. The van der Waals surface area contributed by atoms with E-state index in [0.29, 0.717) is 10.2 Å². The molecule has 14 heteroatoms. The van der Waals surface area contributed by atoms with E-state index < -0.39 is 57.0 Å². The fourth-order valence-corrected chi connectivity index (χ4v) is 5.01. The Morgan fingerprint density at radius 3 is 2.67 bits per heavy atom. The quantitative estimate of drug-likeness (QED) is 0.219. The second-order valence-electron chi connectivity index (χ2n) is 8.31. The van der Waals surface area contributed by atoms with E-state index >= 15 is 4.39 Å². The fraction of sp³-hybridized carbons (Fsp3) is 0.500. The first kappa shape index (κ1) is 25.7. The predicted octanol–water partition coefficient (Wildman–Crippen LogP) is 4.31. The number of carbonyl (C=O) groups is 1. The normalized spacial score (nSPS) is 25.5. The number of hydrogen-bond acceptors (Lipinski definition) is 9. The standard InChI is InChI=1S/C22H29FN3O7PS2/c1-12(2)31-21(28)14(4)25-34(29,33-15-8-6-5-7-9-15)30-11-16-18(27)17(23)20(32-16)26-10-13(3)19(35)24-22(26)36/h5-10,12,14,16-18,20,27H,11H2,1-4H3,(H,25,29)(H,24,35,36)/t14-,16-,17+,18?,20-,34?/m0/s1/i11D2. The number of nitrogens with one attached hydrogen (secondary N) is 2. The molecule has 1 aromatic carbocycles. The van der Waals surface area contributed by atoms with E-state index in [0.717, 1.165) is 4.57 Å². The lowest BCUT2D eigenvalue weighted by Crippen LogP contribution is -2.37. The third-order valence-corrected chi connectivity index (χ3v) is 7.17. The number of halogens is 1. The number of H-pyrrole nitrogens is 1. The molecule has 2 heterocycles. The highest BCUT2D eigenvalue weighted by Crippen LogP contribution is 2.46. The van der Waals surface area contributed by atoms with Gasteiger partial charge in [-0.1, -0.05) is 30.4 Å². The molecule has 6 atom stereocenters. The van der Waals surface area contributed by atoms with Gasteiger partial charge in [0.25, 0.3) is 0 Å². The molecule has 10 nitrogen and oxygen atoms in total. The molecule has 1 fully saturated rings. The first-order valence-corrected chi connectivity index (χ1v) is 13.3. The number of aliphatic hydroxyl groups excluding tert-OH is 1. The number of aryl methyl sites for hydroxylation is 1. The number of rotatable bonds is 10. The number of carbonyl (C=O) groups excluding carboxylic acids is 1. The Kier molecular flexibility index (Phi) is 8.58. The summed E-state index contributed by atoms with van der Waals surface area (Å²) in [5.41, 5.74) is 0.536. The molecule has 3 rings (SSSR count). The van der Waals surface area contributed by atoms with E-state index in [1.54, 1.807) is 39.0 Å². The first-order chi connectivity index (χ1) is 17.6. The van der Waals surface area contributed by atoms with Gasteiger partial charge in [0.15, 0.2) is 17.2 Å². The SMILES string of the molecule is [2H]C([2H])(OP(=O)(N[C@@H](C)C(=O)OC(C)C)Oc1ccccc1)[C@@H]1O[C@H](n2cc(C)c(=S)[nH]c2=S)[C@H](F)C1O. The van der Waals surface area contributed by atoms with Crippen LogP contribution >= 0.6 is 32.2 Å². The number of para-hydroxylation sites is 1. The van der Waals surface area contributed by atoms with Crippen molar-refractivity contribution in [3.8, 4) is 5.75 Å². The molecule has 0 saturated carbocycles. The van der Waals surface area contributed by atoms with Gasteiger partial charge in [-0.2, -0.15) is 5.09 Å². The van der Waals surface area contributed by atoms with Gasteiger partial charge in [0.05, 0.1) is 15.4 Å². The molecule has 198 valence electrons. The van der Waals surface area contributed by atoms with E-state index in [9.17, 15) is 14.5 Å². The Balaban J connectivity index is 1.90. The molecular formula is C22H29FN3O7PS2. The maximum atomic E-state index is 15.2. The Bertz CT molecular complexity index is 1310. The van der Waals surface area contributed by atoms with Crippen LogP contribution in [-0.2, 0) is 23.4 Å². The molecule has 1 saturated heterocycles. The zero-order valence-electron chi connectivity index (χ0n) is 21.9. The summed E-state index contributed by atoms with van der Waals surface area (Å²) < 4.78 is 68.6. The smallest absolute Gasteiger partial charge is 0.459 e. The fourth-order valence-electron chi connectivity index (χ4n) is 3.17. The van der Waals surface area contributed by atoms with Crippen LogP contribution in [-0.4, -0.2) is 57.7 Å². The van der Waals surface area contributed by atoms with Gasteiger partial charge in [-0.3, -0.25) is 13.9 Å². The van der Waals surface area contributed by atoms with Crippen LogP contribution in [0.3, 0.4) is 0 Å². The number of nitrogens with zero attached hydrogens (tertiary/aromatic N) is 1. The Labute approximate surface area is 221 Å². The highest BCUT2D eigenvalue weighted by atomic mass is 32.1. The molecule has 1 aliphatic rings. The van der Waals surface area contributed by atoms with E-state index in [1.807, 2.05) is 0 Å². The van der Waals surface area contributed by atoms with Crippen LogP contribution in [0.2, 0.25) is 0 Å². The van der Waals surface area contributed by atoms with Crippen molar-refractivity contribution in [3.63, 3.8) is 0 Å². The van der Waals surface area contributed by atoms with Gasteiger partial charge >= 0.3 is 13.7 Å². The number of esters is 1. The highest BCUT2D eigenvalue weighted by molar-refractivity contribution is 7.72. The molecule has 0 bridgehead atoms. The van der Waals surface area contributed by atoms with Gasteiger partial charge in [0, 0.05) is 11.8 Å². The number of aromatic nitrogens is 2. The van der Waals surface area contributed by atoms with Crippen molar-refractivity contribution in [3.05, 3.63) is 51.5 Å². The number of alkyl halides is 1. The van der Waals surface area contributed by atoms with Gasteiger partial charge in [0.2, 0.25) is 0 Å². The molecule has 0 radical (unpaired) electrons. The van der Waals surface area contributed by atoms with Crippen LogP contribution in [0.4, 0.5) is 4.39 Å². The van der Waals surface area contributed by atoms with Crippen molar-refractivity contribution in [2.45, 2.75) is 64.4 Å². The lowest BCUT2D eigenvalue weighted by atomic mass is 10.1. The van der Waals surface area contributed by atoms with E-state index in [1.165, 1.54) is 25.3 Å². The van der Waals surface area contributed by atoms with E-state index in [2.05, 4.69) is 10.1 Å². The monoisotopic (exact) mass is 563 g/mol. The van der Waals surface area contributed by atoms with Crippen LogP contribution in [0.1, 0.15) is 35.3 Å². The number of aliphatic hydroxyl groups is 1.